The summed E-state index contributed by atoms with van der Waals surface area (Å²) >= 11 is 0. The lowest BCUT2D eigenvalue weighted by Gasteiger charge is -2.33. The Morgan fingerprint density at radius 1 is 1.15 bits per heavy atom. The molecule has 8 heteroatoms. The van der Waals surface area contributed by atoms with E-state index < -0.39 is 0 Å². The molecule has 0 aliphatic carbocycles. The molecule has 1 saturated heterocycles. The number of rotatable bonds is 9. The fraction of sp³-hybridized carbons (Fsp3) is 0.889. The summed E-state index contributed by atoms with van der Waals surface area (Å²) in [4.78, 5) is 18.2. The Kier molecular flexibility index (Phi) is 14.1. The molecule has 0 aromatic carbocycles. The van der Waals surface area contributed by atoms with Crippen molar-refractivity contribution in [3.8, 4) is 0 Å². The molecular formula is C18H38IN5O2. The molecule has 1 rings (SSSR count). The third kappa shape index (κ3) is 11.2. The molecule has 1 fully saturated rings. The zero-order valence-electron chi connectivity index (χ0n) is 17.0. The zero-order valence-corrected chi connectivity index (χ0v) is 19.3. The normalized spacial score (nSPS) is 16.5. The van der Waals surface area contributed by atoms with Gasteiger partial charge in [0.2, 0.25) is 5.91 Å². The zero-order chi connectivity index (χ0) is 18.7. The monoisotopic (exact) mass is 483 g/mol. The van der Waals surface area contributed by atoms with Crippen LogP contribution in [0.2, 0.25) is 0 Å². The fourth-order valence-corrected chi connectivity index (χ4v) is 2.68. The van der Waals surface area contributed by atoms with Crippen LogP contribution in [0.4, 0.5) is 0 Å². The van der Waals surface area contributed by atoms with E-state index in [0.717, 1.165) is 45.0 Å². The summed E-state index contributed by atoms with van der Waals surface area (Å²) in [5.41, 5.74) is 0. The van der Waals surface area contributed by atoms with Gasteiger partial charge >= 0.3 is 0 Å². The predicted molar refractivity (Wildman–Crippen MR) is 118 cm³/mol. The standard InChI is InChI=1S/C18H37N5O2.HI/c1-14(2)17(24)20-8-9-21-18(19-5)22-16-6-10-23(11-7-16)12-13-25-15(3)4;/h14-16H,6-13H2,1-5H3,(H,20,24)(H2,19,21,22);1H. The lowest BCUT2D eigenvalue weighted by Crippen LogP contribution is -2.50. The average molecular weight is 483 g/mol. The Labute approximate surface area is 176 Å². The quantitative estimate of drug-likeness (QED) is 0.200. The van der Waals surface area contributed by atoms with Crippen molar-refractivity contribution in [1.29, 1.82) is 0 Å². The maximum Gasteiger partial charge on any atom is 0.222 e. The summed E-state index contributed by atoms with van der Waals surface area (Å²) < 4.78 is 5.62. The van der Waals surface area contributed by atoms with E-state index in [1.54, 1.807) is 7.05 Å². The van der Waals surface area contributed by atoms with Crippen molar-refractivity contribution in [3.63, 3.8) is 0 Å². The highest BCUT2D eigenvalue weighted by molar-refractivity contribution is 14.0. The number of hydrogen-bond acceptors (Lipinski definition) is 4. The maximum atomic E-state index is 11.5. The van der Waals surface area contributed by atoms with Crippen LogP contribution in [0.25, 0.3) is 0 Å². The van der Waals surface area contributed by atoms with Gasteiger partial charge in [0.1, 0.15) is 0 Å². The van der Waals surface area contributed by atoms with Crippen LogP contribution >= 0.6 is 24.0 Å². The first-order valence-corrected chi connectivity index (χ1v) is 9.51. The Morgan fingerprint density at radius 3 is 2.31 bits per heavy atom. The molecule has 0 aromatic heterocycles. The average Bonchev–Trinajstić information content (AvgIpc) is 2.58. The molecule has 1 amide bonds. The summed E-state index contributed by atoms with van der Waals surface area (Å²) in [5.74, 6) is 0.910. The molecule has 154 valence electrons. The summed E-state index contributed by atoms with van der Waals surface area (Å²) in [6.07, 6.45) is 2.51. The first kappa shape index (κ1) is 25.4. The Balaban J connectivity index is 0.00000625. The molecule has 0 spiro atoms. The summed E-state index contributed by atoms with van der Waals surface area (Å²) in [7, 11) is 1.78. The van der Waals surface area contributed by atoms with Crippen LogP contribution in [-0.2, 0) is 9.53 Å². The SMILES string of the molecule is CN=C(NCCNC(=O)C(C)C)NC1CCN(CCOC(C)C)CC1.I. The topological polar surface area (TPSA) is 78.0 Å². The van der Waals surface area contributed by atoms with Gasteiger partial charge in [0, 0.05) is 51.7 Å². The van der Waals surface area contributed by atoms with Crippen molar-refractivity contribution >= 4 is 35.8 Å². The van der Waals surface area contributed by atoms with Gasteiger partial charge in [0.25, 0.3) is 0 Å². The van der Waals surface area contributed by atoms with E-state index in [1.165, 1.54) is 0 Å². The summed E-state index contributed by atoms with van der Waals surface area (Å²) in [6.45, 7) is 13.2. The van der Waals surface area contributed by atoms with Crippen molar-refractivity contribution in [2.75, 3.05) is 46.4 Å². The molecule has 0 atom stereocenters. The molecule has 1 aliphatic heterocycles. The smallest absolute Gasteiger partial charge is 0.222 e. The number of nitrogens with one attached hydrogen (secondary N) is 3. The van der Waals surface area contributed by atoms with Crippen LogP contribution in [0.1, 0.15) is 40.5 Å². The van der Waals surface area contributed by atoms with E-state index in [9.17, 15) is 4.79 Å². The largest absolute Gasteiger partial charge is 0.377 e. The molecule has 1 aliphatic rings. The number of carbonyl (C=O) groups excluding carboxylic acids is 1. The maximum absolute atomic E-state index is 11.5. The molecule has 1 heterocycles. The predicted octanol–water partition coefficient (Wildman–Crippen LogP) is 1.43. The molecule has 26 heavy (non-hydrogen) atoms. The van der Waals surface area contributed by atoms with E-state index in [0.29, 0.717) is 25.2 Å². The molecule has 0 radical (unpaired) electrons. The number of amides is 1. The second kappa shape index (κ2) is 14.4. The lowest BCUT2D eigenvalue weighted by molar-refractivity contribution is -0.123. The number of nitrogens with zero attached hydrogens (tertiary/aromatic N) is 2. The second-order valence-corrected chi connectivity index (χ2v) is 7.12. The van der Waals surface area contributed by atoms with Crippen LogP contribution in [0.15, 0.2) is 4.99 Å². The minimum atomic E-state index is 0. The van der Waals surface area contributed by atoms with Gasteiger partial charge in [-0.25, -0.2) is 0 Å². The molecule has 3 N–H and O–H groups in total. The number of piperidine rings is 1. The minimum Gasteiger partial charge on any atom is -0.377 e. The van der Waals surface area contributed by atoms with Gasteiger partial charge in [-0.3, -0.25) is 9.79 Å². The van der Waals surface area contributed by atoms with Gasteiger partial charge in [0.05, 0.1) is 12.7 Å². The Morgan fingerprint density at radius 2 is 1.77 bits per heavy atom. The van der Waals surface area contributed by atoms with Gasteiger partial charge in [-0.05, 0) is 26.7 Å². The third-order valence-corrected chi connectivity index (χ3v) is 4.25. The highest BCUT2D eigenvalue weighted by Gasteiger charge is 2.19. The number of carbonyl (C=O) groups is 1. The van der Waals surface area contributed by atoms with Crippen LogP contribution in [0.5, 0.6) is 0 Å². The number of ether oxygens (including phenoxy) is 1. The van der Waals surface area contributed by atoms with Gasteiger partial charge in [-0.2, -0.15) is 0 Å². The van der Waals surface area contributed by atoms with Crippen molar-refractivity contribution in [1.82, 2.24) is 20.9 Å². The molecule has 0 aromatic rings. The van der Waals surface area contributed by atoms with Crippen molar-refractivity contribution in [3.05, 3.63) is 0 Å². The first-order valence-electron chi connectivity index (χ1n) is 9.51. The second-order valence-electron chi connectivity index (χ2n) is 7.12. The van der Waals surface area contributed by atoms with Crippen LogP contribution in [-0.4, -0.2) is 75.3 Å². The summed E-state index contributed by atoms with van der Waals surface area (Å²) in [6, 6.07) is 0.443. The minimum absolute atomic E-state index is 0. The number of halogens is 1. The van der Waals surface area contributed by atoms with Crippen molar-refractivity contribution < 1.29 is 9.53 Å². The van der Waals surface area contributed by atoms with Crippen LogP contribution in [0.3, 0.4) is 0 Å². The van der Waals surface area contributed by atoms with E-state index in [4.69, 9.17) is 4.74 Å². The Bertz CT molecular complexity index is 410. The number of hydrogen-bond donors (Lipinski definition) is 3. The molecular weight excluding hydrogens is 445 g/mol. The highest BCUT2D eigenvalue weighted by Crippen LogP contribution is 2.10. The van der Waals surface area contributed by atoms with Crippen molar-refractivity contribution in [2.45, 2.75) is 52.7 Å². The van der Waals surface area contributed by atoms with E-state index in [-0.39, 0.29) is 35.8 Å². The summed E-state index contributed by atoms with van der Waals surface area (Å²) in [5, 5.41) is 9.63. The lowest BCUT2D eigenvalue weighted by atomic mass is 10.1. The van der Waals surface area contributed by atoms with E-state index in [1.807, 2.05) is 13.8 Å². The van der Waals surface area contributed by atoms with Gasteiger partial charge in [0.15, 0.2) is 5.96 Å². The van der Waals surface area contributed by atoms with Crippen LogP contribution in [0, 0.1) is 5.92 Å². The first-order chi connectivity index (χ1) is 11.9. The Hall–Kier alpha value is -0.610. The number of aliphatic imine (C=N–C) groups is 1. The van der Waals surface area contributed by atoms with Gasteiger partial charge in [-0.1, -0.05) is 13.8 Å². The van der Waals surface area contributed by atoms with E-state index >= 15 is 0 Å². The molecule has 7 nitrogen and oxygen atoms in total. The van der Waals surface area contributed by atoms with Crippen molar-refractivity contribution in [2.24, 2.45) is 10.9 Å². The number of guanidine groups is 1. The fourth-order valence-electron chi connectivity index (χ4n) is 2.68. The molecule has 0 bridgehead atoms. The highest BCUT2D eigenvalue weighted by atomic mass is 127. The van der Waals surface area contributed by atoms with Crippen LogP contribution < -0.4 is 16.0 Å². The van der Waals surface area contributed by atoms with E-state index in [2.05, 4.69) is 39.7 Å². The number of likely N-dealkylation sites (tertiary alicyclic amines) is 1. The van der Waals surface area contributed by atoms with Gasteiger partial charge < -0.3 is 25.6 Å². The molecule has 0 unspecified atom stereocenters. The molecule has 0 saturated carbocycles. The third-order valence-electron chi connectivity index (χ3n) is 4.25. The van der Waals surface area contributed by atoms with Gasteiger partial charge in [-0.15, -0.1) is 24.0 Å².